The third-order valence-electron chi connectivity index (χ3n) is 2.70. The Kier molecular flexibility index (Phi) is 4.75. The van der Waals surface area contributed by atoms with Gasteiger partial charge in [-0.2, -0.15) is 0 Å². The van der Waals surface area contributed by atoms with Crippen LogP contribution in [0.3, 0.4) is 0 Å². The quantitative estimate of drug-likeness (QED) is 0.926. The molecule has 110 valence electrons. The summed E-state index contributed by atoms with van der Waals surface area (Å²) in [6.07, 6.45) is -0.924. The van der Waals surface area contributed by atoms with E-state index in [1.807, 2.05) is 0 Å². The second kappa shape index (κ2) is 6.54. The fraction of sp³-hybridized carbons (Fsp3) is 0.133. The summed E-state index contributed by atoms with van der Waals surface area (Å²) in [5.74, 6) is -1.41. The fourth-order valence-corrected chi connectivity index (χ4v) is 1.82. The molecule has 2 aromatic rings. The summed E-state index contributed by atoms with van der Waals surface area (Å²) in [5.41, 5.74) is 0.0585. The SMILES string of the molecule is C[C@H](Oc1ccc(F)cc1Cl)C(=O)Nc1ccccc1F. The van der Waals surface area contributed by atoms with Gasteiger partial charge in [0.15, 0.2) is 6.10 Å². The predicted octanol–water partition coefficient (Wildman–Crippen LogP) is 4.02. The van der Waals surface area contributed by atoms with Crippen molar-refractivity contribution in [2.75, 3.05) is 5.32 Å². The van der Waals surface area contributed by atoms with Crippen LogP contribution in [0.2, 0.25) is 5.02 Å². The van der Waals surface area contributed by atoms with Gasteiger partial charge in [0.05, 0.1) is 10.7 Å². The van der Waals surface area contributed by atoms with Crippen molar-refractivity contribution in [1.82, 2.24) is 0 Å². The van der Waals surface area contributed by atoms with E-state index in [9.17, 15) is 13.6 Å². The number of ether oxygens (including phenoxy) is 1. The Balaban J connectivity index is 2.04. The van der Waals surface area contributed by atoms with Crippen molar-refractivity contribution in [2.24, 2.45) is 0 Å². The van der Waals surface area contributed by atoms with E-state index in [-0.39, 0.29) is 16.5 Å². The first-order chi connectivity index (χ1) is 9.97. The van der Waals surface area contributed by atoms with Crippen LogP contribution in [0, 0.1) is 11.6 Å². The maximum Gasteiger partial charge on any atom is 0.265 e. The Bertz CT molecular complexity index is 664. The van der Waals surface area contributed by atoms with Crippen LogP contribution in [0.4, 0.5) is 14.5 Å². The van der Waals surface area contributed by atoms with Gasteiger partial charge in [-0.05, 0) is 37.3 Å². The topological polar surface area (TPSA) is 38.3 Å². The summed E-state index contributed by atoms with van der Waals surface area (Å²) >= 11 is 5.81. The number of amides is 1. The van der Waals surface area contributed by atoms with E-state index in [1.54, 1.807) is 6.07 Å². The zero-order valence-electron chi connectivity index (χ0n) is 11.1. The van der Waals surface area contributed by atoms with E-state index >= 15 is 0 Å². The molecule has 0 saturated heterocycles. The molecule has 0 aliphatic carbocycles. The van der Waals surface area contributed by atoms with Crippen LogP contribution in [-0.4, -0.2) is 12.0 Å². The highest BCUT2D eigenvalue weighted by atomic mass is 35.5. The van der Waals surface area contributed by atoms with Crippen molar-refractivity contribution in [3.63, 3.8) is 0 Å². The standard InChI is InChI=1S/C15H12ClF2NO2/c1-9(21-14-7-6-10(17)8-11(14)16)15(20)19-13-5-3-2-4-12(13)18/h2-9H,1H3,(H,19,20)/t9-/m0/s1. The number of nitrogens with one attached hydrogen (secondary N) is 1. The fourth-order valence-electron chi connectivity index (χ4n) is 1.61. The Hall–Kier alpha value is -2.14. The van der Waals surface area contributed by atoms with Gasteiger partial charge in [0.25, 0.3) is 5.91 Å². The molecule has 3 nitrogen and oxygen atoms in total. The maximum absolute atomic E-state index is 13.4. The molecule has 0 aromatic heterocycles. The van der Waals surface area contributed by atoms with Gasteiger partial charge in [-0.3, -0.25) is 4.79 Å². The van der Waals surface area contributed by atoms with Gasteiger partial charge in [-0.15, -0.1) is 0 Å². The Morgan fingerprint density at radius 1 is 1.24 bits per heavy atom. The number of hydrogen-bond donors (Lipinski definition) is 1. The van der Waals surface area contributed by atoms with Crippen LogP contribution in [0.1, 0.15) is 6.92 Å². The molecule has 0 radical (unpaired) electrons. The molecule has 1 N–H and O–H groups in total. The summed E-state index contributed by atoms with van der Waals surface area (Å²) < 4.78 is 31.7. The lowest BCUT2D eigenvalue weighted by Gasteiger charge is -2.15. The summed E-state index contributed by atoms with van der Waals surface area (Å²) in [6, 6.07) is 9.36. The van der Waals surface area contributed by atoms with E-state index in [0.29, 0.717) is 0 Å². The summed E-state index contributed by atoms with van der Waals surface area (Å²) in [5, 5.41) is 2.46. The van der Waals surface area contributed by atoms with Crippen molar-refractivity contribution < 1.29 is 18.3 Å². The monoisotopic (exact) mass is 311 g/mol. The molecule has 0 unspecified atom stereocenters. The Morgan fingerprint density at radius 2 is 1.95 bits per heavy atom. The number of anilines is 1. The van der Waals surface area contributed by atoms with Crippen molar-refractivity contribution in [3.8, 4) is 5.75 Å². The normalized spacial score (nSPS) is 11.8. The minimum absolute atomic E-state index is 0.0561. The number of halogens is 3. The summed E-state index contributed by atoms with van der Waals surface area (Å²) in [4.78, 5) is 11.9. The third kappa shape index (κ3) is 3.92. The minimum atomic E-state index is -0.924. The van der Waals surface area contributed by atoms with E-state index in [0.717, 1.165) is 6.07 Å². The first kappa shape index (κ1) is 15.3. The van der Waals surface area contributed by atoms with Gasteiger partial charge in [-0.1, -0.05) is 23.7 Å². The first-order valence-electron chi connectivity index (χ1n) is 6.14. The van der Waals surface area contributed by atoms with Crippen molar-refractivity contribution in [1.29, 1.82) is 0 Å². The second-order valence-corrected chi connectivity index (χ2v) is 4.71. The predicted molar refractivity (Wildman–Crippen MR) is 76.5 cm³/mol. The summed E-state index contributed by atoms with van der Waals surface area (Å²) in [7, 11) is 0. The molecule has 0 aliphatic heterocycles. The summed E-state index contributed by atoms with van der Waals surface area (Å²) in [6.45, 7) is 1.48. The molecule has 0 aliphatic rings. The van der Waals surface area contributed by atoms with Crippen LogP contribution in [0.15, 0.2) is 42.5 Å². The first-order valence-corrected chi connectivity index (χ1v) is 6.52. The van der Waals surface area contributed by atoms with Crippen molar-refractivity contribution >= 4 is 23.2 Å². The molecule has 0 spiro atoms. The number of carbonyl (C=O) groups excluding carboxylic acids is 1. The number of hydrogen-bond acceptors (Lipinski definition) is 2. The highest BCUT2D eigenvalue weighted by Crippen LogP contribution is 2.26. The molecule has 2 rings (SSSR count). The third-order valence-corrected chi connectivity index (χ3v) is 2.99. The smallest absolute Gasteiger partial charge is 0.265 e. The van der Waals surface area contributed by atoms with E-state index in [2.05, 4.69) is 5.32 Å². The number of carbonyl (C=O) groups is 1. The molecule has 2 aromatic carbocycles. The lowest BCUT2D eigenvalue weighted by molar-refractivity contribution is -0.122. The van der Waals surface area contributed by atoms with Crippen LogP contribution in [-0.2, 0) is 4.79 Å². The number of rotatable bonds is 4. The largest absolute Gasteiger partial charge is 0.479 e. The maximum atomic E-state index is 13.4. The molecule has 0 saturated carbocycles. The van der Waals surface area contributed by atoms with Gasteiger partial charge in [0.2, 0.25) is 0 Å². The van der Waals surface area contributed by atoms with Gasteiger partial charge in [0, 0.05) is 0 Å². The average molecular weight is 312 g/mol. The average Bonchev–Trinajstić information content (AvgIpc) is 2.44. The zero-order chi connectivity index (χ0) is 15.4. The van der Waals surface area contributed by atoms with Crippen LogP contribution in [0.25, 0.3) is 0 Å². The minimum Gasteiger partial charge on any atom is -0.479 e. The van der Waals surface area contributed by atoms with Crippen molar-refractivity contribution in [2.45, 2.75) is 13.0 Å². The molecular weight excluding hydrogens is 300 g/mol. The van der Waals surface area contributed by atoms with Crippen LogP contribution < -0.4 is 10.1 Å². The van der Waals surface area contributed by atoms with E-state index in [4.69, 9.17) is 16.3 Å². The molecule has 6 heteroatoms. The molecule has 21 heavy (non-hydrogen) atoms. The molecular formula is C15H12ClF2NO2. The van der Waals surface area contributed by atoms with Gasteiger partial charge >= 0.3 is 0 Å². The van der Waals surface area contributed by atoms with Gasteiger partial charge in [0.1, 0.15) is 17.4 Å². The zero-order valence-corrected chi connectivity index (χ0v) is 11.8. The molecule has 0 fully saturated rings. The Morgan fingerprint density at radius 3 is 2.62 bits per heavy atom. The highest BCUT2D eigenvalue weighted by Gasteiger charge is 2.17. The Labute approximate surface area is 125 Å². The molecule has 0 bridgehead atoms. The lowest BCUT2D eigenvalue weighted by atomic mass is 10.2. The second-order valence-electron chi connectivity index (χ2n) is 4.30. The highest BCUT2D eigenvalue weighted by molar-refractivity contribution is 6.32. The molecule has 1 atom stereocenters. The van der Waals surface area contributed by atoms with E-state index in [1.165, 1.54) is 37.3 Å². The van der Waals surface area contributed by atoms with E-state index < -0.39 is 23.6 Å². The van der Waals surface area contributed by atoms with Crippen LogP contribution in [0.5, 0.6) is 5.75 Å². The number of para-hydroxylation sites is 1. The lowest BCUT2D eigenvalue weighted by Crippen LogP contribution is -2.30. The van der Waals surface area contributed by atoms with Crippen LogP contribution >= 0.6 is 11.6 Å². The number of benzene rings is 2. The molecule has 1 amide bonds. The van der Waals surface area contributed by atoms with Crippen molar-refractivity contribution in [3.05, 3.63) is 59.1 Å². The van der Waals surface area contributed by atoms with Gasteiger partial charge in [-0.25, -0.2) is 8.78 Å². The van der Waals surface area contributed by atoms with Gasteiger partial charge < -0.3 is 10.1 Å². The molecule has 0 heterocycles.